The summed E-state index contributed by atoms with van der Waals surface area (Å²) in [6.45, 7) is 0. The fourth-order valence-corrected chi connectivity index (χ4v) is 3.08. The van der Waals surface area contributed by atoms with Crippen molar-refractivity contribution in [2.45, 2.75) is 14.8 Å². The summed E-state index contributed by atoms with van der Waals surface area (Å²) in [5.41, 5.74) is 0. The van der Waals surface area contributed by atoms with Gasteiger partial charge in [-0.25, -0.2) is 17.7 Å². The molecule has 0 fully saturated rings. The molecule has 2 aromatic rings. The molecule has 20 heavy (non-hydrogen) atoms. The minimum Gasteiger partial charge on any atom is -0.507 e. The second-order valence-corrected chi connectivity index (χ2v) is 7.40. The first kappa shape index (κ1) is 14.8. The van der Waals surface area contributed by atoms with Crippen molar-refractivity contribution < 1.29 is 13.5 Å². The number of hydrogen-bond acceptors (Lipinski definition) is 5. The lowest BCUT2D eigenvalue weighted by molar-refractivity contribution is 0.462. The van der Waals surface area contributed by atoms with E-state index in [0.29, 0.717) is 9.92 Å². The molecule has 0 radical (unpaired) electrons. The van der Waals surface area contributed by atoms with Crippen molar-refractivity contribution in [1.82, 2.24) is 9.29 Å². The molecule has 0 saturated carbocycles. The molecule has 1 aromatic heterocycles. The lowest BCUT2D eigenvalue weighted by Gasteiger charge is -2.11. The van der Waals surface area contributed by atoms with E-state index in [1.165, 1.54) is 38.1 Å². The summed E-state index contributed by atoms with van der Waals surface area (Å²) in [6, 6.07) is 10.0. The quantitative estimate of drug-likeness (QED) is 0.937. The van der Waals surface area contributed by atoms with E-state index in [4.69, 9.17) is 0 Å². The molecule has 1 N–H and O–H groups in total. The van der Waals surface area contributed by atoms with E-state index in [1.807, 2.05) is 6.07 Å². The second-order valence-electron chi connectivity index (χ2n) is 4.19. The number of rotatable bonds is 4. The molecule has 106 valence electrons. The maximum atomic E-state index is 11.9. The summed E-state index contributed by atoms with van der Waals surface area (Å²) < 4.78 is 24.9. The summed E-state index contributed by atoms with van der Waals surface area (Å²) in [6.07, 6.45) is 1.32. The Morgan fingerprint density at radius 1 is 1.15 bits per heavy atom. The van der Waals surface area contributed by atoms with Crippen LogP contribution in [0, 0.1) is 0 Å². The van der Waals surface area contributed by atoms with Gasteiger partial charge < -0.3 is 5.11 Å². The average molecular weight is 310 g/mol. The minimum absolute atomic E-state index is 0.143. The smallest absolute Gasteiger partial charge is 0.244 e. The van der Waals surface area contributed by atoms with E-state index in [9.17, 15) is 13.5 Å². The Labute approximate surface area is 122 Å². The number of benzene rings is 1. The highest BCUT2D eigenvalue weighted by molar-refractivity contribution is 7.99. The van der Waals surface area contributed by atoms with Crippen LogP contribution in [-0.4, -0.2) is 36.9 Å². The van der Waals surface area contributed by atoms with Crippen molar-refractivity contribution in [3.63, 3.8) is 0 Å². The normalized spacial score (nSPS) is 11.8. The van der Waals surface area contributed by atoms with Crippen molar-refractivity contribution in [3.05, 3.63) is 42.6 Å². The maximum Gasteiger partial charge on any atom is 0.244 e. The van der Waals surface area contributed by atoms with Crippen molar-refractivity contribution in [2.75, 3.05) is 14.1 Å². The Bertz CT molecular complexity index is 698. The van der Waals surface area contributed by atoms with Crippen LogP contribution in [0.2, 0.25) is 0 Å². The molecule has 0 aliphatic heterocycles. The molecule has 0 aliphatic rings. The monoisotopic (exact) mass is 310 g/mol. The predicted octanol–water partition coefficient (Wildman–Crippen LogP) is 2.19. The summed E-state index contributed by atoms with van der Waals surface area (Å²) >= 11 is 1.27. The van der Waals surface area contributed by atoms with Gasteiger partial charge in [0.2, 0.25) is 10.0 Å². The van der Waals surface area contributed by atoms with Gasteiger partial charge >= 0.3 is 0 Å². The Kier molecular flexibility index (Phi) is 4.32. The van der Waals surface area contributed by atoms with Gasteiger partial charge in [0.05, 0.1) is 4.90 Å². The zero-order valence-electron chi connectivity index (χ0n) is 11.0. The van der Waals surface area contributed by atoms with Gasteiger partial charge in [-0.1, -0.05) is 23.9 Å². The Morgan fingerprint density at radius 2 is 1.85 bits per heavy atom. The van der Waals surface area contributed by atoms with Crippen LogP contribution in [0.1, 0.15) is 0 Å². The molecule has 0 bridgehead atoms. The average Bonchev–Trinajstić information content (AvgIpc) is 2.42. The van der Waals surface area contributed by atoms with E-state index in [0.717, 1.165) is 4.31 Å². The standard InChI is InChI=1S/C13H14N2O3S2/c1-15(2)20(17,18)10-7-8-13(14-9-10)19-12-6-4-3-5-11(12)16/h3-9,16H,1-2H3. The molecule has 0 atom stereocenters. The lowest BCUT2D eigenvalue weighted by Crippen LogP contribution is -2.22. The third kappa shape index (κ3) is 3.12. The van der Waals surface area contributed by atoms with Crippen LogP contribution in [0.3, 0.4) is 0 Å². The number of aromatic hydroxyl groups is 1. The van der Waals surface area contributed by atoms with Crippen molar-refractivity contribution in [2.24, 2.45) is 0 Å². The van der Waals surface area contributed by atoms with Crippen molar-refractivity contribution in [3.8, 4) is 5.75 Å². The number of nitrogens with zero attached hydrogens (tertiary/aromatic N) is 2. The first-order valence-corrected chi connectivity index (χ1v) is 8.01. The molecule has 1 heterocycles. The topological polar surface area (TPSA) is 70.5 Å². The molecule has 5 nitrogen and oxygen atoms in total. The molecule has 0 aliphatic carbocycles. The molecular weight excluding hydrogens is 296 g/mol. The van der Waals surface area contributed by atoms with Gasteiger partial charge in [0.15, 0.2) is 0 Å². The van der Waals surface area contributed by atoms with E-state index in [-0.39, 0.29) is 10.6 Å². The molecule has 1 aromatic carbocycles. The molecule has 7 heteroatoms. The summed E-state index contributed by atoms with van der Waals surface area (Å²) in [7, 11) is -0.518. The Balaban J connectivity index is 2.24. The number of phenols is 1. The van der Waals surface area contributed by atoms with E-state index >= 15 is 0 Å². The highest BCUT2D eigenvalue weighted by atomic mass is 32.2. The number of pyridine rings is 1. The Morgan fingerprint density at radius 3 is 2.40 bits per heavy atom. The zero-order valence-corrected chi connectivity index (χ0v) is 12.6. The SMILES string of the molecule is CN(C)S(=O)(=O)c1ccc(Sc2ccccc2O)nc1. The highest BCUT2D eigenvalue weighted by Gasteiger charge is 2.17. The molecular formula is C13H14N2O3S2. The summed E-state index contributed by atoms with van der Waals surface area (Å²) in [5, 5.41) is 10.3. The van der Waals surface area contributed by atoms with Gasteiger partial charge in [0, 0.05) is 20.3 Å². The van der Waals surface area contributed by atoms with Crippen LogP contribution in [0.25, 0.3) is 0 Å². The Hall–Kier alpha value is -1.57. The number of aromatic nitrogens is 1. The van der Waals surface area contributed by atoms with Gasteiger partial charge in [-0.15, -0.1) is 0 Å². The van der Waals surface area contributed by atoms with Gasteiger partial charge in [0.1, 0.15) is 15.7 Å². The first-order chi connectivity index (χ1) is 9.41. The predicted molar refractivity (Wildman–Crippen MR) is 77.3 cm³/mol. The van der Waals surface area contributed by atoms with E-state index < -0.39 is 10.0 Å². The van der Waals surface area contributed by atoms with Gasteiger partial charge in [-0.05, 0) is 24.3 Å². The fourth-order valence-electron chi connectivity index (χ4n) is 1.45. The highest BCUT2D eigenvalue weighted by Crippen LogP contribution is 2.32. The number of phenolic OH excluding ortho intramolecular Hbond substituents is 1. The van der Waals surface area contributed by atoms with Crippen LogP contribution < -0.4 is 0 Å². The fraction of sp³-hybridized carbons (Fsp3) is 0.154. The second kappa shape index (κ2) is 5.82. The van der Waals surface area contributed by atoms with Gasteiger partial charge in [-0.3, -0.25) is 0 Å². The summed E-state index contributed by atoms with van der Waals surface area (Å²) in [5.74, 6) is 0.171. The molecule has 0 saturated heterocycles. The molecule has 0 unspecified atom stereocenters. The summed E-state index contributed by atoms with van der Waals surface area (Å²) in [4.78, 5) is 4.92. The third-order valence-electron chi connectivity index (χ3n) is 2.57. The number of sulfonamides is 1. The molecule has 0 amide bonds. The van der Waals surface area contributed by atoms with Gasteiger partial charge in [-0.2, -0.15) is 0 Å². The van der Waals surface area contributed by atoms with Crippen LogP contribution in [-0.2, 0) is 10.0 Å². The zero-order chi connectivity index (χ0) is 14.8. The van der Waals surface area contributed by atoms with Crippen LogP contribution in [0.5, 0.6) is 5.75 Å². The third-order valence-corrected chi connectivity index (χ3v) is 5.38. The van der Waals surface area contributed by atoms with Crippen LogP contribution in [0.4, 0.5) is 0 Å². The van der Waals surface area contributed by atoms with Crippen LogP contribution >= 0.6 is 11.8 Å². The largest absolute Gasteiger partial charge is 0.507 e. The molecule has 2 rings (SSSR count). The van der Waals surface area contributed by atoms with E-state index in [1.54, 1.807) is 24.3 Å². The van der Waals surface area contributed by atoms with Crippen molar-refractivity contribution in [1.29, 1.82) is 0 Å². The van der Waals surface area contributed by atoms with Crippen molar-refractivity contribution >= 4 is 21.8 Å². The lowest BCUT2D eigenvalue weighted by atomic mass is 10.3. The maximum absolute atomic E-state index is 11.9. The van der Waals surface area contributed by atoms with E-state index in [2.05, 4.69) is 4.98 Å². The minimum atomic E-state index is -3.46. The van der Waals surface area contributed by atoms with Crippen LogP contribution in [0.15, 0.2) is 57.4 Å². The molecule has 0 spiro atoms. The van der Waals surface area contributed by atoms with Gasteiger partial charge in [0.25, 0.3) is 0 Å². The number of para-hydroxylation sites is 1. The first-order valence-electron chi connectivity index (χ1n) is 5.75. The number of hydrogen-bond donors (Lipinski definition) is 1.